The molecule has 1 aliphatic heterocycles. The Morgan fingerprint density at radius 1 is 1.56 bits per heavy atom. The van der Waals surface area contributed by atoms with E-state index in [4.69, 9.17) is 4.74 Å². The molecule has 0 bridgehead atoms. The fourth-order valence-electron chi connectivity index (χ4n) is 2.48. The number of benzene rings is 1. The summed E-state index contributed by atoms with van der Waals surface area (Å²) in [5.41, 5.74) is 2.36. The minimum atomic E-state index is -0.341. The van der Waals surface area contributed by atoms with Crippen molar-refractivity contribution < 1.29 is 9.84 Å². The Morgan fingerprint density at radius 3 is 2.88 bits per heavy atom. The lowest BCUT2D eigenvalue weighted by atomic mass is 9.95. The summed E-state index contributed by atoms with van der Waals surface area (Å²) in [5.74, 6) is 1.05. The zero-order valence-corrected chi connectivity index (χ0v) is 10.1. The van der Waals surface area contributed by atoms with Crippen molar-refractivity contribution in [3.8, 4) is 5.75 Å². The summed E-state index contributed by atoms with van der Waals surface area (Å²) < 4.78 is 5.39. The Labute approximate surface area is 96.6 Å². The van der Waals surface area contributed by atoms with E-state index in [0.717, 1.165) is 24.4 Å². The standard InChI is InChI=1S/C13H19NO2/c1-4-14-8-10(9(2)15)13-11(14)6-5-7-12(13)16-3/h5-7,9-10,15H,4,8H2,1-3H3. The molecule has 3 heteroatoms. The summed E-state index contributed by atoms with van der Waals surface area (Å²) in [6.07, 6.45) is -0.341. The molecule has 1 aromatic carbocycles. The molecule has 0 radical (unpaired) electrons. The molecule has 3 nitrogen and oxygen atoms in total. The van der Waals surface area contributed by atoms with Crippen molar-refractivity contribution in [1.29, 1.82) is 0 Å². The van der Waals surface area contributed by atoms with E-state index < -0.39 is 0 Å². The van der Waals surface area contributed by atoms with Gasteiger partial charge in [-0.2, -0.15) is 0 Å². The first-order valence-corrected chi connectivity index (χ1v) is 5.79. The number of ether oxygens (including phenoxy) is 1. The molecular formula is C13H19NO2. The molecule has 88 valence electrons. The summed E-state index contributed by atoms with van der Waals surface area (Å²) in [7, 11) is 1.68. The Hall–Kier alpha value is -1.22. The largest absolute Gasteiger partial charge is 0.496 e. The molecule has 0 fully saturated rings. The Balaban J connectivity index is 2.49. The van der Waals surface area contributed by atoms with Gasteiger partial charge in [0, 0.05) is 30.3 Å². The van der Waals surface area contributed by atoms with Crippen LogP contribution in [-0.4, -0.2) is 31.4 Å². The molecule has 0 aliphatic carbocycles. The van der Waals surface area contributed by atoms with E-state index in [9.17, 15) is 5.11 Å². The normalized spacial score (nSPS) is 20.8. The highest BCUT2D eigenvalue weighted by atomic mass is 16.5. The molecule has 2 rings (SSSR count). The molecule has 1 heterocycles. The van der Waals surface area contributed by atoms with Crippen molar-refractivity contribution in [2.45, 2.75) is 25.9 Å². The van der Waals surface area contributed by atoms with Gasteiger partial charge in [-0.3, -0.25) is 0 Å². The van der Waals surface area contributed by atoms with Gasteiger partial charge in [-0.1, -0.05) is 6.07 Å². The molecule has 0 saturated heterocycles. The number of hydrogen-bond acceptors (Lipinski definition) is 3. The number of aliphatic hydroxyl groups is 1. The number of anilines is 1. The van der Waals surface area contributed by atoms with Gasteiger partial charge >= 0.3 is 0 Å². The van der Waals surface area contributed by atoms with Crippen LogP contribution in [0.1, 0.15) is 25.3 Å². The third-order valence-corrected chi connectivity index (χ3v) is 3.36. The second-order valence-corrected chi connectivity index (χ2v) is 4.28. The molecule has 0 aromatic heterocycles. The van der Waals surface area contributed by atoms with Gasteiger partial charge in [0.2, 0.25) is 0 Å². The first-order chi connectivity index (χ1) is 7.69. The summed E-state index contributed by atoms with van der Waals surface area (Å²) in [4.78, 5) is 2.29. The lowest BCUT2D eigenvalue weighted by Gasteiger charge is -2.17. The van der Waals surface area contributed by atoms with Gasteiger partial charge in [-0.15, -0.1) is 0 Å². The lowest BCUT2D eigenvalue weighted by molar-refractivity contribution is 0.166. The third-order valence-electron chi connectivity index (χ3n) is 3.36. The third kappa shape index (κ3) is 1.65. The SMILES string of the molecule is CCN1CC(C(C)O)c2c(OC)cccc21. The summed E-state index contributed by atoms with van der Waals surface area (Å²) in [5, 5.41) is 9.85. The van der Waals surface area contributed by atoms with Crippen LogP contribution < -0.4 is 9.64 Å². The van der Waals surface area contributed by atoms with Gasteiger partial charge in [0.15, 0.2) is 0 Å². The van der Waals surface area contributed by atoms with Crippen LogP contribution in [0.5, 0.6) is 5.75 Å². The number of likely N-dealkylation sites (N-methyl/N-ethyl adjacent to an activating group) is 1. The number of hydrogen-bond donors (Lipinski definition) is 1. The summed E-state index contributed by atoms with van der Waals surface area (Å²) >= 11 is 0. The van der Waals surface area contributed by atoms with E-state index in [0.29, 0.717) is 0 Å². The van der Waals surface area contributed by atoms with Gasteiger partial charge < -0.3 is 14.7 Å². The molecule has 0 saturated carbocycles. The molecule has 1 N–H and O–H groups in total. The van der Waals surface area contributed by atoms with Crippen molar-refractivity contribution in [1.82, 2.24) is 0 Å². The Bertz CT molecular complexity index is 376. The van der Waals surface area contributed by atoms with Crippen molar-refractivity contribution >= 4 is 5.69 Å². The molecule has 16 heavy (non-hydrogen) atoms. The number of aliphatic hydroxyl groups excluding tert-OH is 1. The molecule has 1 aliphatic rings. The Kier molecular flexibility index (Phi) is 3.06. The van der Waals surface area contributed by atoms with E-state index in [1.54, 1.807) is 7.11 Å². The molecule has 2 atom stereocenters. The van der Waals surface area contributed by atoms with E-state index in [-0.39, 0.29) is 12.0 Å². The number of rotatable bonds is 3. The molecule has 2 unspecified atom stereocenters. The maximum atomic E-state index is 9.85. The molecule has 0 amide bonds. The maximum absolute atomic E-state index is 9.85. The topological polar surface area (TPSA) is 32.7 Å². The fraction of sp³-hybridized carbons (Fsp3) is 0.538. The van der Waals surface area contributed by atoms with Crippen LogP contribution in [0.2, 0.25) is 0 Å². The zero-order valence-electron chi connectivity index (χ0n) is 10.1. The van der Waals surface area contributed by atoms with Gasteiger partial charge in [-0.05, 0) is 26.0 Å². The molecule has 1 aromatic rings. The minimum absolute atomic E-state index is 0.158. The quantitative estimate of drug-likeness (QED) is 0.847. The highest BCUT2D eigenvalue weighted by Gasteiger charge is 2.33. The van der Waals surface area contributed by atoms with E-state index in [1.165, 1.54) is 5.69 Å². The number of nitrogens with zero attached hydrogens (tertiary/aromatic N) is 1. The molecule has 0 spiro atoms. The van der Waals surface area contributed by atoms with Crippen LogP contribution in [0.4, 0.5) is 5.69 Å². The average molecular weight is 221 g/mol. The van der Waals surface area contributed by atoms with Crippen molar-refractivity contribution in [3.63, 3.8) is 0 Å². The van der Waals surface area contributed by atoms with Crippen LogP contribution in [-0.2, 0) is 0 Å². The monoisotopic (exact) mass is 221 g/mol. The summed E-state index contributed by atoms with van der Waals surface area (Å²) in [6, 6.07) is 6.07. The van der Waals surface area contributed by atoms with Gasteiger partial charge in [0.1, 0.15) is 5.75 Å². The second kappa shape index (κ2) is 4.34. The highest BCUT2D eigenvalue weighted by molar-refractivity contribution is 5.65. The van der Waals surface area contributed by atoms with Gasteiger partial charge in [0.25, 0.3) is 0 Å². The van der Waals surface area contributed by atoms with E-state index in [1.807, 2.05) is 19.1 Å². The predicted octanol–water partition coefficient (Wildman–Crippen LogP) is 2.00. The first kappa shape index (κ1) is 11.3. The van der Waals surface area contributed by atoms with Crippen LogP contribution in [0.25, 0.3) is 0 Å². The second-order valence-electron chi connectivity index (χ2n) is 4.28. The van der Waals surface area contributed by atoms with Crippen LogP contribution in [0, 0.1) is 0 Å². The number of fused-ring (bicyclic) bond motifs is 1. The highest BCUT2D eigenvalue weighted by Crippen LogP contribution is 2.43. The van der Waals surface area contributed by atoms with Gasteiger partial charge in [-0.25, -0.2) is 0 Å². The predicted molar refractivity (Wildman–Crippen MR) is 65.3 cm³/mol. The number of methoxy groups -OCH3 is 1. The van der Waals surface area contributed by atoms with E-state index in [2.05, 4.69) is 17.9 Å². The van der Waals surface area contributed by atoms with Crippen molar-refractivity contribution in [2.75, 3.05) is 25.1 Å². The van der Waals surface area contributed by atoms with Crippen LogP contribution in [0.15, 0.2) is 18.2 Å². The fourth-order valence-corrected chi connectivity index (χ4v) is 2.48. The van der Waals surface area contributed by atoms with Crippen molar-refractivity contribution in [3.05, 3.63) is 23.8 Å². The maximum Gasteiger partial charge on any atom is 0.124 e. The Morgan fingerprint density at radius 2 is 2.31 bits per heavy atom. The van der Waals surface area contributed by atoms with Crippen LogP contribution >= 0.6 is 0 Å². The molecular weight excluding hydrogens is 202 g/mol. The summed E-state index contributed by atoms with van der Waals surface area (Å²) in [6.45, 7) is 5.82. The lowest BCUT2D eigenvalue weighted by Crippen LogP contribution is -2.25. The minimum Gasteiger partial charge on any atom is -0.496 e. The first-order valence-electron chi connectivity index (χ1n) is 5.79. The van der Waals surface area contributed by atoms with Gasteiger partial charge in [0.05, 0.1) is 13.2 Å². The zero-order chi connectivity index (χ0) is 11.7. The average Bonchev–Trinajstić information content (AvgIpc) is 2.67. The van der Waals surface area contributed by atoms with Crippen LogP contribution in [0.3, 0.4) is 0 Å². The van der Waals surface area contributed by atoms with E-state index >= 15 is 0 Å². The van der Waals surface area contributed by atoms with Crippen molar-refractivity contribution in [2.24, 2.45) is 0 Å². The smallest absolute Gasteiger partial charge is 0.124 e.